The molecular weight excluding hydrogens is 200 g/mol. The van der Waals surface area contributed by atoms with Crippen LogP contribution in [0.15, 0.2) is 6.20 Å². The second kappa shape index (κ2) is 5.02. The Hall–Kier alpha value is -1.01. The van der Waals surface area contributed by atoms with E-state index in [4.69, 9.17) is 5.73 Å². The van der Waals surface area contributed by atoms with Crippen LogP contribution in [0.25, 0.3) is 0 Å². The van der Waals surface area contributed by atoms with Crippen molar-refractivity contribution in [3.8, 4) is 0 Å². The van der Waals surface area contributed by atoms with E-state index in [-0.39, 0.29) is 11.8 Å². The van der Waals surface area contributed by atoms with Gasteiger partial charge < -0.3 is 11.1 Å². The number of anilines is 1. The number of amides is 1. The van der Waals surface area contributed by atoms with Gasteiger partial charge in [0.05, 0.1) is 12.2 Å². The predicted octanol–water partition coefficient (Wildman–Crippen LogP) is 0.850. The average Bonchev–Trinajstić information content (AvgIpc) is 2.68. The van der Waals surface area contributed by atoms with Gasteiger partial charge in [0.1, 0.15) is 5.00 Å². The Morgan fingerprint density at radius 1 is 1.79 bits per heavy atom. The van der Waals surface area contributed by atoms with Crippen molar-refractivity contribution in [3.63, 3.8) is 0 Å². The number of nitrogens with two attached hydrogens (primary N) is 1. The molecule has 14 heavy (non-hydrogen) atoms. The zero-order valence-electron chi connectivity index (χ0n) is 8.23. The third kappa shape index (κ3) is 2.74. The Morgan fingerprint density at radius 2 is 2.50 bits per heavy atom. The van der Waals surface area contributed by atoms with Gasteiger partial charge in [0.15, 0.2) is 0 Å². The number of nitrogens with zero attached hydrogens (tertiary/aromatic N) is 2. The highest BCUT2D eigenvalue weighted by molar-refractivity contribution is 7.10. The maximum Gasteiger partial charge on any atom is 0.242 e. The van der Waals surface area contributed by atoms with Crippen LogP contribution >= 0.6 is 11.5 Å². The fourth-order valence-corrected chi connectivity index (χ4v) is 1.36. The van der Waals surface area contributed by atoms with Crippen LogP contribution in [0.4, 0.5) is 5.00 Å². The van der Waals surface area contributed by atoms with Gasteiger partial charge in [-0.05, 0) is 5.92 Å². The van der Waals surface area contributed by atoms with Crippen LogP contribution in [-0.4, -0.2) is 21.5 Å². The lowest BCUT2D eigenvalue weighted by atomic mass is 10.00. The topological polar surface area (TPSA) is 80.9 Å². The third-order valence-electron chi connectivity index (χ3n) is 2.17. The van der Waals surface area contributed by atoms with Gasteiger partial charge in [-0.1, -0.05) is 24.8 Å². The molecule has 1 heterocycles. The molecule has 0 radical (unpaired) electrons. The summed E-state index contributed by atoms with van der Waals surface area (Å²) < 4.78 is 3.64. The summed E-state index contributed by atoms with van der Waals surface area (Å²) in [7, 11) is 0. The molecule has 0 saturated heterocycles. The van der Waals surface area contributed by atoms with Crippen molar-refractivity contribution in [1.29, 1.82) is 0 Å². The smallest absolute Gasteiger partial charge is 0.242 e. The van der Waals surface area contributed by atoms with Gasteiger partial charge in [-0.2, -0.15) is 0 Å². The Labute approximate surface area is 86.9 Å². The average molecular weight is 214 g/mol. The van der Waals surface area contributed by atoms with E-state index in [1.54, 1.807) is 0 Å². The Morgan fingerprint density at radius 3 is 3.00 bits per heavy atom. The van der Waals surface area contributed by atoms with Gasteiger partial charge >= 0.3 is 0 Å². The zero-order chi connectivity index (χ0) is 10.6. The largest absolute Gasteiger partial charge is 0.320 e. The zero-order valence-corrected chi connectivity index (χ0v) is 9.04. The maximum atomic E-state index is 11.5. The lowest BCUT2D eigenvalue weighted by Gasteiger charge is -2.16. The first-order chi connectivity index (χ1) is 6.65. The Bertz CT molecular complexity index is 288. The summed E-state index contributed by atoms with van der Waals surface area (Å²) in [4.78, 5) is 11.5. The highest BCUT2D eigenvalue weighted by Crippen LogP contribution is 2.12. The first kappa shape index (κ1) is 11.1. The van der Waals surface area contributed by atoms with Gasteiger partial charge in [0.2, 0.25) is 5.91 Å². The predicted molar refractivity (Wildman–Crippen MR) is 56.0 cm³/mol. The Balaban J connectivity index is 2.50. The van der Waals surface area contributed by atoms with E-state index in [9.17, 15) is 4.79 Å². The highest BCUT2D eigenvalue weighted by Gasteiger charge is 2.19. The summed E-state index contributed by atoms with van der Waals surface area (Å²) in [6, 6.07) is -0.470. The fourth-order valence-electron chi connectivity index (χ4n) is 0.939. The summed E-state index contributed by atoms with van der Waals surface area (Å²) >= 11 is 1.14. The van der Waals surface area contributed by atoms with E-state index in [1.807, 2.05) is 13.8 Å². The van der Waals surface area contributed by atoms with Crippen molar-refractivity contribution in [1.82, 2.24) is 9.59 Å². The van der Waals surface area contributed by atoms with E-state index < -0.39 is 6.04 Å². The normalized spacial score (nSPS) is 14.8. The molecule has 0 bridgehead atoms. The van der Waals surface area contributed by atoms with Crippen molar-refractivity contribution in [2.75, 3.05) is 5.32 Å². The van der Waals surface area contributed by atoms with Crippen LogP contribution in [0.1, 0.15) is 20.3 Å². The van der Waals surface area contributed by atoms with Gasteiger partial charge in [0, 0.05) is 11.5 Å². The lowest BCUT2D eigenvalue weighted by molar-refractivity contribution is -0.118. The maximum absolute atomic E-state index is 11.5. The molecule has 3 N–H and O–H groups in total. The van der Waals surface area contributed by atoms with Gasteiger partial charge in [0.25, 0.3) is 0 Å². The van der Waals surface area contributed by atoms with Crippen molar-refractivity contribution < 1.29 is 4.79 Å². The first-order valence-corrected chi connectivity index (χ1v) is 5.26. The van der Waals surface area contributed by atoms with E-state index in [0.29, 0.717) is 5.00 Å². The monoisotopic (exact) mass is 214 g/mol. The number of carbonyl (C=O) groups is 1. The second-order valence-corrected chi connectivity index (χ2v) is 3.97. The van der Waals surface area contributed by atoms with Crippen molar-refractivity contribution >= 4 is 22.4 Å². The number of nitrogens with one attached hydrogen (secondary N) is 1. The summed E-state index contributed by atoms with van der Waals surface area (Å²) in [5.41, 5.74) is 5.74. The highest BCUT2D eigenvalue weighted by atomic mass is 32.1. The van der Waals surface area contributed by atoms with Crippen LogP contribution in [0, 0.1) is 5.92 Å². The SMILES string of the molecule is CCC(C)[C@H](N)C(=O)Nc1cnns1. The third-order valence-corrected chi connectivity index (χ3v) is 2.75. The molecule has 0 spiro atoms. The first-order valence-electron chi connectivity index (χ1n) is 4.49. The van der Waals surface area contributed by atoms with E-state index in [2.05, 4.69) is 14.9 Å². The van der Waals surface area contributed by atoms with Gasteiger partial charge in [-0.15, -0.1) is 5.10 Å². The standard InChI is InChI=1S/C8H14N4OS/c1-3-5(2)7(9)8(13)11-6-4-10-12-14-6/h4-5,7H,3,9H2,1-2H3,(H,11,13)/t5?,7-/m0/s1. The Kier molecular flexibility index (Phi) is 3.97. The quantitative estimate of drug-likeness (QED) is 0.778. The molecule has 0 saturated carbocycles. The molecule has 1 unspecified atom stereocenters. The van der Waals surface area contributed by atoms with Crippen LogP contribution in [0.5, 0.6) is 0 Å². The molecule has 5 nitrogen and oxygen atoms in total. The molecule has 0 fully saturated rings. The molecule has 1 aromatic heterocycles. The van der Waals surface area contributed by atoms with Crippen LogP contribution in [0.2, 0.25) is 0 Å². The molecule has 6 heteroatoms. The minimum Gasteiger partial charge on any atom is -0.320 e. The van der Waals surface area contributed by atoms with E-state index in [0.717, 1.165) is 18.0 Å². The lowest BCUT2D eigenvalue weighted by Crippen LogP contribution is -2.40. The molecule has 0 aliphatic carbocycles. The molecule has 0 aromatic carbocycles. The van der Waals surface area contributed by atoms with Crippen LogP contribution < -0.4 is 11.1 Å². The molecule has 1 aromatic rings. The van der Waals surface area contributed by atoms with Crippen LogP contribution in [0.3, 0.4) is 0 Å². The summed E-state index contributed by atoms with van der Waals surface area (Å²) in [6.45, 7) is 3.96. The van der Waals surface area contributed by atoms with Gasteiger partial charge in [-0.25, -0.2) is 0 Å². The summed E-state index contributed by atoms with van der Waals surface area (Å²) in [6.07, 6.45) is 2.39. The van der Waals surface area contributed by atoms with Crippen molar-refractivity contribution in [2.24, 2.45) is 11.7 Å². The molecule has 1 rings (SSSR count). The van der Waals surface area contributed by atoms with Crippen molar-refractivity contribution in [2.45, 2.75) is 26.3 Å². The molecule has 0 aliphatic heterocycles. The number of rotatable bonds is 4. The summed E-state index contributed by atoms with van der Waals surface area (Å²) in [5.74, 6) is 0.00119. The number of hydrogen-bond acceptors (Lipinski definition) is 5. The molecular formula is C8H14N4OS. The van der Waals surface area contributed by atoms with E-state index >= 15 is 0 Å². The van der Waals surface area contributed by atoms with E-state index in [1.165, 1.54) is 6.20 Å². The summed E-state index contributed by atoms with van der Waals surface area (Å²) in [5, 5.41) is 6.91. The number of carbonyl (C=O) groups excluding carboxylic acids is 1. The number of aromatic nitrogens is 2. The second-order valence-electron chi connectivity index (χ2n) is 3.18. The minimum atomic E-state index is -0.470. The molecule has 1 amide bonds. The minimum absolute atomic E-state index is 0.176. The van der Waals surface area contributed by atoms with Crippen molar-refractivity contribution in [3.05, 3.63) is 6.20 Å². The fraction of sp³-hybridized carbons (Fsp3) is 0.625. The molecule has 78 valence electrons. The number of hydrogen-bond donors (Lipinski definition) is 2. The van der Waals surface area contributed by atoms with Gasteiger partial charge in [-0.3, -0.25) is 4.79 Å². The van der Waals surface area contributed by atoms with Crippen LogP contribution in [-0.2, 0) is 4.79 Å². The molecule has 0 aliphatic rings. The molecule has 2 atom stereocenters.